The van der Waals surface area contributed by atoms with Gasteiger partial charge in [-0.15, -0.1) is 0 Å². The second-order valence-corrected chi connectivity index (χ2v) is 7.71. The molecule has 0 spiro atoms. The quantitative estimate of drug-likeness (QED) is 0.442. The molecule has 0 fully saturated rings. The molecule has 0 aliphatic rings. The van der Waals surface area contributed by atoms with E-state index in [9.17, 15) is 19.2 Å². The molecule has 1 aromatic heterocycles. The van der Waals surface area contributed by atoms with E-state index in [-0.39, 0.29) is 17.2 Å². The van der Waals surface area contributed by atoms with Crippen LogP contribution in [0.25, 0.3) is 10.8 Å². The van der Waals surface area contributed by atoms with Crippen molar-refractivity contribution in [3.63, 3.8) is 0 Å². The van der Waals surface area contributed by atoms with Gasteiger partial charge in [-0.25, -0.2) is 14.3 Å². The van der Waals surface area contributed by atoms with Crippen molar-refractivity contribution in [2.24, 2.45) is 5.92 Å². The number of carbonyl (C=O) groups excluding carboxylic acids is 3. The lowest BCUT2D eigenvalue weighted by molar-refractivity contribution is -0.123. The first kappa shape index (κ1) is 24.0. The summed E-state index contributed by atoms with van der Waals surface area (Å²) in [6.07, 6.45) is 3.84. The highest BCUT2D eigenvalue weighted by Gasteiger charge is 2.19. The smallest absolute Gasteiger partial charge is 0.359 e. The molecule has 168 valence electrons. The standard InChI is InChI=1S/C22H30N4O5/c1-4-5-6-9-12-26-20(28)17-11-8-7-10-16(17)19(25-26)21(29)31-14-18(27)24-22(30)23-13-15(2)3/h7-8,10-11,15H,4-6,9,12-14H2,1-3H3,(H2,23,24,27,30). The summed E-state index contributed by atoms with van der Waals surface area (Å²) in [5.41, 5.74) is -0.314. The molecule has 9 heteroatoms. The number of ether oxygens (including phenoxy) is 1. The minimum absolute atomic E-state index is 0.0391. The molecule has 1 aromatic carbocycles. The molecule has 1 heterocycles. The Morgan fingerprint density at radius 3 is 2.48 bits per heavy atom. The Labute approximate surface area is 181 Å². The molecule has 9 nitrogen and oxygen atoms in total. The fraction of sp³-hybridized carbons (Fsp3) is 0.500. The Bertz CT molecular complexity index is 984. The first-order valence-corrected chi connectivity index (χ1v) is 10.6. The summed E-state index contributed by atoms with van der Waals surface area (Å²) in [6, 6.07) is 5.99. The van der Waals surface area contributed by atoms with Gasteiger partial charge in [-0.2, -0.15) is 5.10 Å². The van der Waals surface area contributed by atoms with E-state index in [1.54, 1.807) is 24.3 Å². The van der Waals surface area contributed by atoms with Crippen LogP contribution in [-0.4, -0.2) is 40.8 Å². The number of benzene rings is 1. The molecule has 0 saturated heterocycles. The number of nitrogens with one attached hydrogen (secondary N) is 2. The molecule has 31 heavy (non-hydrogen) atoms. The fourth-order valence-electron chi connectivity index (χ4n) is 2.93. The molecule has 2 rings (SSSR count). The van der Waals surface area contributed by atoms with Gasteiger partial charge in [0.1, 0.15) is 0 Å². The van der Waals surface area contributed by atoms with Crippen molar-refractivity contribution in [1.29, 1.82) is 0 Å². The van der Waals surface area contributed by atoms with E-state index in [0.29, 0.717) is 23.9 Å². The minimum Gasteiger partial charge on any atom is -0.451 e. The highest BCUT2D eigenvalue weighted by atomic mass is 16.5. The van der Waals surface area contributed by atoms with Crippen molar-refractivity contribution in [3.8, 4) is 0 Å². The third kappa shape index (κ3) is 7.20. The number of esters is 1. The van der Waals surface area contributed by atoms with Crippen molar-refractivity contribution in [3.05, 3.63) is 40.3 Å². The maximum Gasteiger partial charge on any atom is 0.359 e. The average Bonchev–Trinajstić information content (AvgIpc) is 2.75. The Hall–Kier alpha value is -3.23. The van der Waals surface area contributed by atoms with Crippen LogP contribution in [0.4, 0.5) is 4.79 Å². The number of rotatable bonds is 10. The van der Waals surface area contributed by atoms with E-state index < -0.39 is 24.5 Å². The van der Waals surface area contributed by atoms with Crippen molar-refractivity contribution in [2.75, 3.05) is 13.2 Å². The van der Waals surface area contributed by atoms with Gasteiger partial charge in [-0.05, 0) is 18.4 Å². The van der Waals surface area contributed by atoms with E-state index in [1.165, 1.54) is 4.68 Å². The lowest BCUT2D eigenvalue weighted by Gasteiger charge is -2.11. The molecule has 0 atom stereocenters. The third-order valence-corrected chi connectivity index (χ3v) is 4.54. The predicted molar refractivity (Wildman–Crippen MR) is 117 cm³/mol. The summed E-state index contributed by atoms with van der Waals surface area (Å²) in [4.78, 5) is 48.9. The molecule has 0 saturated carbocycles. The van der Waals surface area contributed by atoms with Crippen LogP contribution < -0.4 is 16.2 Å². The SMILES string of the molecule is CCCCCCn1nc(C(=O)OCC(=O)NC(=O)NCC(C)C)c2ccccc2c1=O. The molecule has 0 bridgehead atoms. The highest BCUT2D eigenvalue weighted by Crippen LogP contribution is 2.14. The van der Waals surface area contributed by atoms with Gasteiger partial charge in [-0.3, -0.25) is 14.9 Å². The number of imide groups is 1. The van der Waals surface area contributed by atoms with Gasteiger partial charge in [0.25, 0.3) is 11.5 Å². The van der Waals surface area contributed by atoms with Crippen molar-refractivity contribution in [2.45, 2.75) is 53.0 Å². The number of fused-ring (bicyclic) bond motifs is 1. The van der Waals surface area contributed by atoms with Crippen LogP contribution in [0, 0.1) is 5.92 Å². The van der Waals surface area contributed by atoms with Crippen LogP contribution in [0.3, 0.4) is 0 Å². The second-order valence-electron chi connectivity index (χ2n) is 7.71. The number of hydrogen-bond donors (Lipinski definition) is 2. The van der Waals surface area contributed by atoms with E-state index in [4.69, 9.17) is 4.74 Å². The zero-order valence-corrected chi connectivity index (χ0v) is 18.3. The summed E-state index contributed by atoms with van der Waals surface area (Å²) in [5.74, 6) is -1.36. The van der Waals surface area contributed by atoms with Crippen LogP contribution in [0.15, 0.2) is 29.1 Å². The number of aromatic nitrogens is 2. The second kappa shape index (κ2) is 11.8. The lowest BCUT2D eigenvalue weighted by atomic mass is 10.1. The first-order valence-electron chi connectivity index (χ1n) is 10.6. The van der Waals surface area contributed by atoms with Gasteiger partial charge in [0.15, 0.2) is 12.3 Å². The average molecular weight is 431 g/mol. The van der Waals surface area contributed by atoms with Crippen molar-refractivity contribution in [1.82, 2.24) is 20.4 Å². The van der Waals surface area contributed by atoms with Crippen molar-refractivity contribution >= 4 is 28.7 Å². The fourth-order valence-corrected chi connectivity index (χ4v) is 2.93. The summed E-state index contributed by atoms with van der Waals surface area (Å²) >= 11 is 0. The van der Waals surface area contributed by atoms with E-state index in [0.717, 1.165) is 25.7 Å². The van der Waals surface area contributed by atoms with Gasteiger partial charge < -0.3 is 10.1 Å². The summed E-state index contributed by atoms with van der Waals surface area (Å²) < 4.78 is 6.33. The van der Waals surface area contributed by atoms with Crippen LogP contribution in [-0.2, 0) is 16.1 Å². The Morgan fingerprint density at radius 1 is 1.10 bits per heavy atom. The summed E-state index contributed by atoms with van der Waals surface area (Å²) in [5, 5.41) is 9.56. The summed E-state index contributed by atoms with van der Waals surface area (Å²) in [7, 11) is 0. The number of amides is 3. The maximum atomic E-state index is 12.7. The number of hydrogen-bond acceptors (Lipinski definition) is 6. The molecule has 0 aliphatic heterocycles. The monoisotopic (exact) mass is 430 g/mol. The van der Waals surface area contributed by atoms with Crippen LogP contribution >= 0.6 is 0 Å². The molecule has 0 unspecified atom stereocenters. The number of nitrogens with zero attached hydrogens (tertiary/aromatic N) is 2. The lowest BCUT2D eigenvalue weighted by Crippen LogP contribution is -2.42. The summed E-state index contributed by atoms with van der Waals surface area (Å²) in [6.45, 7) is 6.10. The van der Waals surface area contributed by atoms with Crippen LogP contribution in [0.2, 0.25) is 0 Å². The van der Waals surface area contributed by atoms with Gasteiger partial charge in [0.05, 0.1) is 5.39 Å². The van der Waals surface area contributed by atoms with Gasteiger partial charge in [0, 0.05) is 18.5 Å². The molecule has 2 aromatic rings. The molecular formula is C22H30N4O5. The normalized spacial score (nSPS) is 10.8. The number of urea groups is 1. The van der Waals surface area contributed by atoms with E-state index in [1.807, 2.05) is 13.8 Å². The topological polar surface area (TPSA) is 119 Å². The molecule has 3 amide bonds. The van der Waals surface area contributed by atoms with Crippen LogP contribution in [0.1, 0.15) is 56.9 Å². The largest absolute Gasteiger partial charge is 0.451 e. The zero-order valence-electron chi connectivity index (χ0n) is 18.3. The molecule has 2 N–H and O–H groups in total. The Balaban J connectivity index is 2.10. The number of carbonyl (C=O) groups is 3. The highest BCUT2D eigenvalue weighted by molar-refractivity contribution is 6.03. The Morgan fingerprint density at radius 2 is 1.81 bits per heavy atom. The first-order chi connectivity index (χ1) is 14.8. The van der Waals surface area contributed by atoms with Crippen LogP contribution in [0.5, 0.6) is 0 Å². The molecular weight excluding hydrogens is 400 g/mol. The zero-order chi connectivity index (χ0) is 22.8. The predicted octanol–water partition coefficient (Wildman–Crippen LogP) is 2.62. The van der Waals surface area contributed by atoms with E-state index >= 15 is 0 Å². The van der Waals surface area contributed by atoms with Gasteiger partial charge in [0.2, 0.25) is 0 Å². The minimum atomic E-state index is -0.837. The van der Waals surface area contributed by atoms with Gasteiger partial charge >= 0.3 is 12.0 Å². The molecule has 0 aliphatic carbocycles. The van der Waals surface area contributed by atoms with Crippen molar-refractivity contribution < 1.29 is 19.1 Å². The molecule has 0 radical (unpaired) electrons. The van der Waals surface area contributed by atoms with Gasteiger partial charge in [-0.1, -0.05) is 58.2 Å². The Kier molecular flexibility index (Phi) is 9.17. The number of aryl methyl sites for hydroxylation is 1. The van der Waals surface area contributed by atoms with E-state index in [2.05, 4.69) is 22.7 Å². The third-order valence-electron chi connectivity index (χ3n) is 4.54. The number of unbranched alkanes of at least 4 members (excludes halogenated alkanes) is 3. The maximum absolute atomic E-state index is 12.7.